The van der Waals surface area contributed by atoms with Gasteiger partial charge >= 0.3 is 0 Å². The number of nitrogens with one attached hydrogen (secondary N) is 2. The molecule has 2 N–H and O–H groups in total. The molecule has 2 aromatic rings. The van der Waals surface area contributed by atoms with Crippen molar-refractivity contribution in [3.8, 4) is 11.6 Å². The van der Waals surface area contributed by atoms with Crippen LogP contribution in [0, 0.1) is 5.92 Å². The number of benzene rings is 1. The summed E-state index contributed by atoms with van der Waals surface area (Å²) in [5.41, 5.74) is 0.265. The normalized spacial score (nSPS) is 22.5. The van der Waals surface area contributed by atoms with Crippen LogP contribution in [0.3, 0.4) is 0 Å². The number of hydrogen-bond donors (Lipinski definition) is 2. The second-order valence-electron chi connectivity index (χ2n) is 8.52. The van der Waals surface area contributed by atoms with E-state index in [0.29, 0.717) is 30.2 Å². The van der Waals surface area contributed by atoms with Gasteiger partial charge in [-0.2, -0.15) is 0 Å². The molecule has 3 heterocycles. The lowest BCUT2D eigenvalue weighted by Crippen LogP contribution is -2.61. The number of amides is 3. The van der Waals surface area contributed by atoms with Gasteiger partial charge in [0.15, 0.2) is 0 Å². The van der Waals surface area contributed by atoms with Crippen LogP contribution >= 0.6 is 11.6 Å². The van der Waals surface area contributed by atoms with Crippen molar-refractivity contribution in [2.24, 2.45) is 5.92 Å². The molecule has 2 fully saturated rings. The smallest absolute Gasteiger partial charge is 0.257 e. The van der Waals surface area contributed by atoms with Crippen LogP contribution in [0.2, 0.25) is 5.02 Å². The summed E-state index contributed by atoms with van der Waals surface area (Å²) in [5.74, 6) is 0.308. The summed E-state index contributed by atoms with van der Waals surface area (Å²) in [4.78, 5) is 44.1. The van der Waals surface area contributed by atoms with Gasteiger partial charge in [0.25, 0.3) is 5.91 Å². The largest absolute Gasteiger partial charge is 0.438 e. The van der Waals surface area contributed by atoms with Gasteiger partial charge in [-0.3, -0.25) is 14.4 Å². The van der Waals surface area contributed by atoms with Gasteiger partial charge in [-0.1, -0.05) is 25.4 Å². The van der Waals surface area contributed by atoms with Gasteiger partial charge in [0.1, 0.15) is 23.4 Å². The zero-order chi connectivity index (χ0) is 22.8. The molecule has 0 aliphatic carbocycles. The summed E-state index contributed by atoms with van der Waals surface area (Å²) in [5, 5.41) is 6.33. The molecule has 0 radical (unpaired) electrons. The number of carbonyl (C=O) groups is 3. The Kier molecular flexibility index (Phi) is 6.32. The number of piperazine rings is 1. The van der Waals surface area contributed by atoms with Crippen LogP contribution in [0.5, 0.6) is 11.6 Å². The fraction of sp³-hybridized carbons (Fsp3) is 0.391. The molecule has 0 saturated carbocycles. The molecule has 2 aliphatic rings. The van der Waals surface area contributed by atoms with Crippen molar-refractivity contribution in [1.29, 1.82) is 0 Å². The maximum Gasteiger partial charge on any atom is 0.257 e. The average Bonchev–Trinajstić information content (AvgIpc) is 3.18. The van der Waals surface area contributed by atoms with E-state index in [0.717, 1.165) is 0 Å². The summed E-state index contributed by atoms with van der Waals surface area (Å²) >= 11 is 5.91. The van der Waals surface area contributed by atoms with E-state index in [1.807, 2.05) is 13.8 Å². The summed E-state index contributed by atoms with van der Waals surface area (Å²) < 4.78 is 5.77. The fourth-order valence-corrected chi connectivity index (χ4v) is 4.24. The lowest BCUT2D eigenvalue weighted by Gasteiger charge is -2.35. The van der Waals surface area contributed by atoms with Crippen molar-refractivity contribution in [2.45, 2.75) is 44.8 Å². The minimum atomic E-state index is -0.560. The van der Waals surface area contributed by atoms with E-state index in [4.69, 9.17) is 16.3 Å². The lowest BCUT2D eigenvalue weighted by atomic mass is 9.99. The molecule has 2 saturated heterocycles. The van der Waals surface area contributed by atoms with Crippen LogP contribution in [-0.4, -0.2) is 52.3 Å². The zero-order valence-corrected chi connectivity index (χ0v) is 18.6. The summed E-state index contributed by atoms with van der Waals surface area (Å²) in [6.45, 7) is 4.32. The minimum Gasteiger partial charge on any atom is -0.438 e. The average molecular weight is 457 g/mol. The molecule has 0 spiro atoms. The van der Waals surface area contributed by atoms with Crippen molar-refractivity contribution in [3.05, 3.63) is 53.2 Å². The highest BCUT2D eigenvalue weighted by Crippen LogP contribution is 2.27. The van der Waals surface area contributed by atoms with Gasteiger partial charge in [0, 0.05) is 23.8 Å². The molecular weight excluding hydrogens is 432 g/mol. The van der Waals surface area contributed by atoms with Crippen LogP contribution in [0.4, 0.5) is 0 Å². The zero-order valence-electron chi connectivity index (χ0n) is 17.9. The van der Waals surface area contributed by atoms with Crippen LogP contribution in [0.1, 0.15) is 37.0 Å². The Hall–Kier alpha value is -3.13. The monoisotopic (exact) mass is 456 g/mol. The second kappa shape index (κ2) is 9.16. The maximum absolute atomic E-state index is 13.0. The van der Waals surface area contributed by atoms with Crippen molar-refractivity contribution in [1.82, 2.24) is 20.5 Å². The first kappa shape index (κ1) is 22.1. The molecule has 1 aromatic heterocycles. The van der Waals surface area contributed by atoms with Crippen LogP contribution in [0.25, 0.3) is 0 Å². The van der Waals surface area contributed by atoms with Crippen molar-refractivity contribution in [3.63, 3.8) is 0 Å². The van der Waals surface area contributed by atoms with Crippen molar-refractivity contribution in [2.75, 3.05) is 6.54 Å². The molecule has 0 bridgehead atoms. The van der Waals surface area contributed by atoms with Gasteiger partial charge in [-0.25, -0.2) is 4.98 Å². The van der Waals surface area contributed by atoms with Crippen molar-refractivity contribution >= 4 is 29.3 Å². The molecule has 4 rings (SSSR count). The molecule has 8 nitrogen and oxygen atoms in total. The van der Waals surface area contributed by atoms with Crippen molar-refractivity contribution < 1.29 is 19.1 Å². The Balaban J connectivity index is 1.45. The van der Waals surface area contributed by atoms with Gasteiger partial charge in [-0.15, -0.1) is 0 Å². The van der Waals surface area contributed by atoms with Gasteiger partial charge < -0.3 is 20.3 Å². The molecule has 9 heteroatoms. The Morgan fingerprint density at radius 1 is 1.28 bits per heavy atom. The lowest BCUT2D eigenvalue weighted by molar-refractivity contribution is -0.147. The van der Waals surface area contributed by atoms with Crippen LogP contribution in [0.15, 0.2) is 42.6 Å². The quantitative estimate of drug-likeness (QED) is 0.696. The molecule has 3 amide bonds. The maximum atomic E-state index is 13.0. The number of rotatable bonds is 6. The van der Waals surface area contributed by atoms with E-state index in [1.165, 1.54) is 6.20 Å². The SMILES string of the molecule is CC(C)C[C@H]1NC(=O)[C@@H]2C[C@H](NC(=O)c3cccnc3Oc3ccc(Cl)cc3)CN2C1=O. The number of aromatic nitrogens is 1. The number of hydrogen-bond acceptors (Lipinski definition) is 5. The highest BCUT2D eigenvalue weighted by molar-refractivity contribution is 6.30. The standard InChI is InChI=1S/C23H25ClN4O4/c1-13(2)10-18-23(31)28-12-15(11-19(28)21(30)27-18)26-20(29)17-4-3-9-25-22(17)32-16-7-5-14(24)6-8-16/h3-9,13,15,18-19H,10-12H2,1-2H3,(H,26,29)(H,27,30)/t15-,18+,19-/m0/s1. The molecule has 168 valence electrons. The first-order chi connectivity index (χ1) is 15.3. The minimum absolute atomic E-state index is 0.0896. The fourth-order valence-electron chi connectivity index (χ4n) is 4.12. The Morgan fingerprint density at radius 2 is 2.03 bits per heavy atom. The number of nitrogens with zero attached hydrogens (tertiary/aromatic N) is 2. The van der Waals surface area contributed by atoms with Crippen LogP contribution in [-0.2, 0) is 9.59 Å². The molecule has 3 atom stereocenters. The van der Waals surface area contributed by atoms with E-state index in [-0.39, 0.29) is 41.1 Å². The highest BCUT2D eigenvalue weighted by atomic mass is 35.5. The summed E-state index contributed by atoms with van der Waals surface area (Å²) in [6.07, 6.45) is 2.49. The third-order valence-electron chi connectivity index (χ3n) is 5.59. The summed E-state index contributed by atoms with van der Waals surface area (Å²) in [7, 11) is 0. The first-order valence-corrected chi connectivity index (χ1v) is 11.0. The molecule has 0 unspecified atom stereocenters. The summed E-state index contributed by atoms with van der Waals surface area (Å²) in [6, 6.07) is 8.59. The molecule has 1 aromatic carbocycles. The third kappa shape index (κ3) is 4.70. The number of carbonyl (C=O) groups excluding carboxylic acids is 3. The Morgan fingerprint density at radius 3 is 2.75 bits per heavy atom. The number of fused-ring (bicyclic) bond motifs is 1. The van der Waals surface area contributed by atoms with E-state index in [2.05, 4.69) is 15.6 Å². The van der Waals surface area contributed by atoms with E-state index in [1.54, 1.807) is 41.3 Å². The van der Waals surface area contributed by atoms with E-state index < -0.39 is 12.1 Å². The number of ether oxygens (including phenoxy) is 1. The third-order valence-corrected chi connectivity index (χ3v) is 5.84. The molecule has 32 heavy (non-hydrogen) atoms. The van der Waals surface area contributed by atoms with E-state index >= 15 is 0 Å². The Labute approximate surface area is 191 Å². The number of pyridine rings is 1. The molecule has 2 aliphatic heterocycles. The van der Waals surface area contributed by atoms with Gasteiger partial charge in [-0.05, 0) is 55.2 Å². The highest BCUT2D eigenvalue weighted by Gasteiger charge is 2.46. The first-order valence-electron chi connectivity index (χ1n) is 10.6. The van der Waals surface area contributed by atoms with Gasteiger partial charge in [0.2, 0.25) is 17.7 Å². The van der Waals surface area contributed by atoms with E-state index in [9.17, 15) is 14.4 Å². The van der Waals surface area contributed by atoms with Crippen LogP contribution < -0.4 is 15.4 Å². The second-order valence-corrected chi connectivity index (χ2v) is 8.95. The molecular formula is C23H25ClN4O4. The van der Waals surface area contributed by atoms with Gasteiger partial charge in [0.05, 0.1) is 0 Å². The predicted molar refractivity (Wildman–Crippen MR) is 119 cm³/mol. The Bertz CT molecular complexity index is 1030. The predicted octanol–water partition coefficient (Wildman–Crippen LogP) is 2.77. The topological polar surface area (TPSA) is 101 Å². The number of halogens is 1.